The molecule has 0 bridgehead atoms. The van der Waals surface area contributed by atoms with Crippen molar-refractivity contribution >= 4 is 11.7 Å². The fraction of sp³-hybridized carbons (Fsp3) is 0.381. The zero-order valence-electron chi connectivity index (χ0n) is 15.2. The molecule has 1 aromatic carbocycles. The summed E-state index contributed by atoms with van der Waals surface area (Å²) >= 11 is 0. The van der Waals surface area contributed by atoms with Crippen LogP contribution < -0.4 is 5.32 Å². The van der Waals surface area contributed by atoms with Crippen LogP contribution in [0.15, 0.2) is 48.7 Å². The Hall–Kier alpha value is -2.49. The number of amides is 1. The molecule has 0 aliphatic rings. The number of nitrogens with one attached hydrogen (secondary N) is 1. The van der Waals surface area contributed by atoms with Crippen LogP contribution in [0.1, 0.15) is 55.2 Å². The lowest BCUT2D eigenvalue weighted by molar-refractivity contribution is -0.118. The molecule has 0 aliphatic heterocycles. The van der Waals surface area contributed by atoms with Gasteiger partial charge in [0.15, 0.2) is 0 Å². The molecule has 1 amide bonds. The summed E-state index contributed by atoms with van der Waals surface area (Å²) in [4.78, 5) is 28.5. The highest BCUT2D eigenvalue weighted by Crippen LogP contribution is 2.10. The molecule has 25 heavy (non-hydrogen) atoms. The summed E-state index contributed by atoms with van der Waals surface area (Å²) in [6.45, 7) is 5.76. The summed E-state index contributed by atoms with van der Waals surface area (Å²) in [6.07, 6.45) is 4.21. The van der Waals surface area contributed by atoms with Crippen molar-refractivity contribution in [1.29, 1.82) is 0 Å². The third kappa shape index (κ3) is 6.87. The average molecular weight is 338 g/mol. The van der Waals surface area contributed by atoms with Crippen molar-refractivity contribution in [3.05, 3.63) is 65.5 Å². The summed E-state index contributed by atoms with van der Waals surface area (Å²) in [5.74, 6) is -0.0322. The first kappa shape index (κ1) is 18.8. The SMILES string of the molecule is CC(C)(C)NC(=O)c1cc(CC(=O)CCCc2ccccc2)ccn1. The van der Waals surface area contributed by atoms with Crippen molar-refractivity contribution in [2.45, 2.75) is 52.0 Å². The van der Waals surface area contributed by atoms with Gasteiger partial charge < -0.3 is 5.32 Å². The minimum absolute atomic E-state index is 0.185. The Morgan fingerprint density at radius 2 is 1.76 bits per heavy atom. The maximum absolute atomic E-state index is 12.2. The molecule has 4 heteroatoms. The number of carbonyl (C=O) groups excluding carboxylic acids is 2. The Bertz CT molecular complexity index is 718. The van der Waals surface area contributed by atoms with Gasteiger partial charge in [-0.2, -0.15) is 0 Å². The summed E-state index contributed by atoms with van der Waals surface area (Å²) in [6, 6.07) is 13.7. The van der Waals surface area contributed by atoms with Crippen LogP contribution in [0.25, 0.3) is 0 Å². The molecule has 2 rings (SSSR count). The second-order valence-corrected chi connectivity index (χ2v) is 7.31. The first-order valence-electron chi connectivity index (χ1n) is 8.66. The van der Waals surface area contributed by atoms with Crippen LogP contribution in [-0.4, -0.2) is 22.2 Å². The summed E-state index contributed by atoms with van der Waals surface area (Å²) in [5.41, 5.74) is 2.12. The number of carbonyl (C=O) groups is 2. The van der Waals surface area contributed by atoms with Crippen molar-refractivity contribution in [2.75, 3.05) is 0 Å². The third-order valence-corrected chi connectivity index (χ3v) is 3.71. The third-order valence-electron chi connectivity index (χ3n) is 3.71. The molecule has 2 aromatic rings. The van der Waals surface area contributed by atoms with E-state index in [1.165, 1.54) is 5.56 Å². The van der Waals surface area contributed by atoms with Crippen molar-refractivity contribution in [2.24, 2.45) is 0 Å². The first-order valence-corrected chi connectivity index (χ1v) is 8.66. The number of hydrogen-bond donors (Lipinski definition) is 1. The molecule has 0 fully saturated rings. The highest BCUT2D eigenvalue weighted by atomic mass is 16.2. The van der Waals surface area contributed by atoms with Gasteiger partial charge in [0.05, 0.1) is 0 Å². The lowest BCUT2D eigenvalue weighted by Gasteiger charge is -2.20. The molecule has 0 saturated heterocycles. The molecule has 132 valence electrons. The van der Waals surface area contributed by atoms with Crippen molar-refractivity contribution in [3.63, 3.8) is 0 Å². The molecule has 4 nitrogen and oxygen atoms in total. The Balaban J connectivity index is 1.86. The van der Waals surface area contributed by atoms with Gasteiger partial charge in [0.25, 0.3) is 5.91 Å². The highest BCUT2D eigenvalue weighted by Gasteiger charge is 2.16. The van der Waals surface area contributed by atoms with Crippen molar-refractivity contribution in [3.8, 4) is 0 Å². The Labute approximate surface area is 149 Å². The molecule has 0 unspecified atom stereocenters. The van der Waals surface area contributed by atoms with Crippen LogP contribution in [0.5, 0.6) is 0 Å². The first-order chi connectivity index (χ1) is 11.8. The second-order valence-electron chi connectivity index (χ2n) is 7.31. The van der Waals surface area contributed by atoms with Gasteiger partial charge in [-0.15, -0.1) is 0 Å². The van der Waals surface area contributed by atoms with Gasteiger partial charge in [0.2, 0.25) is 0 Å². The second kappa shape index (κ2) is 8.56. The van der Waals surface area contributed by atoms with E-state index in [9.17, 15) is 9.59 Å². The number of benzene rings is 1. The van der Waals surface area contributed by atoms with Crippen LogP contribution >= 0.6 is 0 Å². The molecule has 0 aliphatic carbocycles. The number of aromatic nitrogens is 1. The Morgan fingerprint density at radius 3 is 2.44 bits per heavy atom. The van der Waals surface area contributed by atoms with E-state index in [0.29, 0.717) is 18.5 Å². The maximum Gasteiger partial charge on any atom is 0.270 e. The summed E-state index contributed by atoms with van der Waals surface area (Å²) < 4.78 is 0. The number of pyridine rings is 1. The van der Waals surface area contributed by atoms with E-state index in [0.717, 1.165) is 18.4 Å². The topological polar surface area (TPSA) is 59.1 Å². The van der Waals surface area contributed by atoms with E-state index < -0.39 is 0 Å². The van der Waals surface area contributed by atoms with Crippen LogP contribution in [0.3, 0.4) is 0 Å². The zero-order chi connectivity index (χ0) is 18.3. The van der Waals surface area contributed by atoms with Gasteiger partial charge in [-0.1, -0.05) is 30.3 Å². The smallest absolute Gasteiger partial charge is 0.270 e. The van der Waals surface area contributed by atoms with Crippen LogP contribution in [-0.2, 0) is 17.6 Å². The molecule has 1 N–H and O–H groups in total. The van der Waals surface area contributed by atoms with Crippen LogP contribution in [0, 0.1) is 0 Å². The fourth-order valence-corrected chi connectivity index (χ4v) is 2.56. The lowest BCUT2D eigenvalue weighted by Crippen LogP contribution is -2.40. The molecule has 0 atom stereocenters. The summed E-state index contributed by atoms with van der Waals surface area (Å²) in [5, 5.41) is 2.88. The van der Waals surface area contributed by atoms with E-state index in [-0.39, 0.29) is 17.2 Å². The van der Waals surface area contributed by atoms with Gasteiger partial charge in [-0.3, -0.25) is 14.6 Å². The van der Waals surface area contributed by atoms with Crippen LogP contribution in [0.2, 0.25) is 0 Å². The van der Waals surface area contributed by atoms with Gasteiger partial charge in [-0.25, -0.2) is 0 Å². The van der Waals surface area contributed by atoms with E-state index >= 15 is 0 Å². The largest absolute Gasteiger partial charge is 0.346 e. The van der Waals surface area contributed by atoms with Crippen LogP contribution in [0.4, 0.5) is 0 Å². The standard InChI is InChI=1S/C21H26N2O2/c1-21(2,3)23-20(25)19-15-17(12-13-22-19)14-18(24)11-7-10-16-8-5-4-6-9-16/h4-6,8-9,12-13,15H,7,10-11,14H2,1-3H3,(H,23,25). The number of hydrogen-bond acceptors (Lipinski definition) is 3. The number of aryl methyl sites for hydroxylation is 1. The van der Waals surface area contributed by atoms with Crippen molar-refractivity contribution in [1.82, 2.24) is 10.3 Å². The average Bonchev–Trinajstić information content (AvgIpc) is 2.54. The Kier molecular flexibility index (Phi) is 6.45. The molecular formula is C21H26N2O2. The minimum Gasteiger partial charge on any atom is -0.346 e. The van der Waals surface area contributed by atoms with Crippen molar-refractivity contribution < 1.29 is 9.59 Å². The van der Waals surface area contributed by atoms with E-state index in [4.69, 9.17) is 0 Å². The maximum atomic E-state index is 12.2. The number of rotatable bonds is 7. The fourth-order valence-electron chi connectivity index (χ4n) is 2.56. The molecule has 1 aromatic heterocycles. The van der Waals surface area contributed by atoms with E-state index in [1.54, 1.807) is 18.3 Å². The van der Waals surface area contributed by atoms with Gasteiger partial charge in [0.1, 0.15) is 11.5 Å². The molecule has 0 saturated carbocycles. The summed E-state index contributed by atoms with van der Waals surface area (Å²) in [7, 11) is 0. The molecule has 0 radical (unpaired) electrons. The predicted molar refractivity (Wildman–Crippen MR) is 99.5 cm³/mol. The highest BCUT2D eigenvalue weighted by molar-refractivity contribution is 5.93. The van der Waals surface area contributed by atoms with E-state index in [2.05, 4.69) is 22.4 Å². The number of nitrogens with zero attached hydrogens (tertiary/aromatic N) is 1. The van der Waals surface area contributed by atoms with Gasteiger partial charge in [-0.05, 0) is 56.9 Å². The molecular weight excluding hydrogens is 312 g/mol. The molecule has 1 heterocycles. The lowest BCUT2D eigenvalue weighted by atomic mass is 10.0. The minimum atomic E-state index is -0.317. The quantitative estimate of drug-likeness (QED) is 0.836. The monoisotopic (exact) mass is 338 g/mol. The predicted octanol–water partition coefficient (Wildman–Crippen LogP) is 3.74. The van der Waals surface area contributed by atoms with Gasteiger partial charge in [0, 0.05) is 24.6 Å². The van der Waals surface area contributed by atoms with E-state index in [1.807, 2.05) is 39.0 Å². The Morgan fingerprint density at radius 1 is 1.04 bits per heavy atom. The molecule has 0 spiro atoms. The number of ketones is 1. The number of Topliss-reactive ketones (excluding diaryl/α,β-unsaturated/α-hetero) is 1. The normalized spacial score (nSPS) is 11.2. The van der Waals surface area contributed by atoms with Gasteiger partial charge >= 0.3 is 0 Å². The zero-order valence-corrected chi connectivity index (χ0v) is 15.2.